The molecule has 3 aromatic rings. The smallest absolute Gasteiger partial charge is 0.282 e. The topological polar surface area (TPSA) is 58.6 Å². The van der Waals surface area contributed by atoms with Crippen LogP contribution in [0, 0.1) is 6.92 Å². The van der Waals surface area contributed by atoms with Crippen LogP contribution in [0.3, 0.4) is 0 Å². The summed E-state index contributed by atoms with van der Waals surface area (Å²) in [5.74, 6) is -0.245. The molecular weight excluding hydrogens is 435 g/mol. The summed E-state index contributed by atoms with van der Waals surface area (Å²) in [4.78, 5) is 28.0. The number of carbonyl (C=O) groups is 2. The highest BCUT2D eigenvalue weighted by Crippen LogP contribution is 2.35. The minimum absolute atomic E-state index is 0.188. The van der Waals surface area contributed by atoms with Crippen molar-refractivity contribution in [1.29, 1.82) is 0 Å². The van der Waals surface area contributed by atoms with Crippen LogP contribution >= 0.6 is 23.2 Å². The average molecular weight is 453 g/mol. The summed E-state index contributed by atoms with van der Waals surface area (Å²) < 4.78 is 5.18. The van der Waals surface area contributed by atoms with E-state index in [0.29, 0.717) is 32.7 Å². The minimum Gasteiger partial charge on any atom is -0.497 e. The van der Waals surface area contributed by atoms with Gasteiger partial charge in [-0.15, -0.1) is 0 Å². The van der Waals surface area contributed by atoms with Crippen LogP contribution in [0.15, 0.2) is 72.4 Å². The van der Waals surface area contributed by atoms with Crippen LogP contribution in [-0.4, -0.2) is 18.9 Å². The van der Waals surface area contributed by atoms with Gasteiger partial charge in [-0.1, -0.05) is 35.3 Å². The zero-order chi connectivity index (χ0) is 22.1. The van der Waals surface area contributed by atoms with Crippen LogP contribution in [0.5, 0.6) is 5.75 Å². The fourth-order valence-electron chi connectivity index (χ4n) is 3.40. The standard InChI is InChI=1S/C24H18Cl2N2O3/c1-14-13-17(26)7-12-20(14)27-22-21(15-3-5-16(25)6-4-15)23(29)28(24(22)30)18-8-10-19(31-2)11-9-18/h3-13,27H,1-2H3. The monoisotopic (exact) mass is 452 g/mol. The van der Waals surface area contributed by atoms with E-state index in [4.69, 9.17) is 27.9 Å². The number of halogens is 2. The van der Waals surface area contributed by atoms with Crippen LogP contribution < -0.4 is 15.0 Å². The van der Waals surface area contributed by atoms with Crippen molar-refractivity contribution in [3.05, 3.63) is 93.6 Å². The maximum atomic E-state index is 13.4. The predicted molar refractivity (Wildman–Crippen MR) is 124 cm³/mol. The summed E-state index contributed by atoms with van der Waals surface area (Å²) in [6.45, 7) is 1.87. The lowest BCUT2D eigenvalue weighted by Gasteiger charge is -2.16. The second-order valence-corrected chi connectivity index (χ2v) is 7.86. The summed E-state index contributed by atoms with van der Waals surface area (Å²) in [7, 11) is 1.55. The number of aryl methyl sites for hydroxylation is 1. The second-order valence-electron chi connectivity index (χ2n) is 6.98. The molecule has 0 radical (unpaired) electrons. The summed E-state index contributed by atoms with van der Waals surface area (Å²) in [6.07, 6.45) is 0. The second kappa shape index (κ2) is 8.46. The highest BCUT2D eigenvalue weighted by molar-refractivity contribution is 6.46. The van der Waals surface area contributed by atoms with E-state index in [1.165, 1.54) is 0 Å². The quantitative estimate of drug-likeness (QED) is 0.503. The van der Waals surface area contributed by atoms with Crippen LogP contribution in [0.25, 0.3) is 5.57 Å². The van der Waals surface area contributed by atoms with Crippen molar-refractivity contribution in [3.63, 3.8) is 0 Å². The lowest BCUT2D eigenvalue weighted by molar-refractivity contribution is -0.120. The SMILES string of the molecule is COc1ccc(N2C(=O)C(Nc3ccc(Cl)cc3C)=C(c3ccc(Cl)cc3)C2=O)cc1. The third kappa shape index (κ3) is 4.02. The van der Waals surface area contributed by atoms with Gasteiger partial charge in [0.1, 0.15) is 11.4 Å². The summed E-state index contributed by atoms with van der Waals surface area (Å²) in [5, 5.41) is 4.28. The molecule has 0 spiro atoms. The van der Waals surface area contributed by atoms with E-state index < -0.39 is 11.8 Å². The van der Waals surface area contributed by atoms with E-state index in [1.54, 1.807) is 73.8 Å². The first-order chi connectivity index (χ1) is 14.9. The molecule has 31 heavy (non-hydrogen) atoms. The largest absolute Gasteiger partial charge is 0.497 e. The first kappa shape index (κ1) is 21.0. The van der Waals surface area contributed by atoms with Crippen LogP contribution in [0.2, 0.25) is 10.0 Å². The molecule has 1 aliphatic heterocycles. The van der Waals surface area contributed by atoms with Crippen molar-refractivity contribution in [1.82, 2.24) is 0 Å². The van der Waals surface area contributed by atoms with Gasteiger partial charge in [0.25, 0.3) is 11.8 Å². The van der Waals surface area contributed by atoms with Crippen molar-refractivity contribution in [2.24, 2.45) is 0 Å². The highest BCUT2D eigenvalue weighted by atomic mass is 35.5. The lowest BCUT2D eigenvalue weighted by atomic mass is 10.0. The number of imide groups is 1. The van der Waals surface area contributed by atoms with Crippen LogP contribution in [0.4, 0.5) is 11.4 Å². The Balaban J connectivity index is 1.81. The minimum atomic E-state index is -0.450. The highest BCUT2D eigenvalue weighted by Gasteiger charge is 2.40. The van der Waals surface area contributed by atoms with Gasteiger partial charge in [0.05, 0.1) is 18.4 Å². The van der Waals surface area contributed by atoms with Crippen molar-refractivity contribution in [2.75, 3.05) is 17.3 Å². The number of hydrogen-bond acceptors (Lipinski definition) is 4. The fourth-order valence-corrected chi connectivity index (χ4v) is 3.75. The lowest BCUT2D eigenvalue weighted by Crippen LogP contribution is -2.32. The number of carbonyl (C=O) groups excluding carboxylic acids is 2. The van der Waals surface area contributed by atoms with Gasteiger partial charge in [-0.05, 0) is 72.6 Å². The third-order valence-corrected chi connectivity index (χ3v) is 5.48. The van der Waals surface area contributed by atoms with Gasteiger partial charge in [-0.3, -0.25) is 9.59 Å². The van der Waals surface area contributed by atoms with Crippen molar-refractivity contribution in [3.8, 4) is 5.75 Å². The molecular formula is C24H18Cl2N2O3. The molecule has 0 saturated carbocycles. The molecule has 1 N–H and O–H groups in total. The number of amides is 2. The number of ether oxygens (including phenoxy) is 1. The molecule has 5 nitrogen and oxygen atoms in total. The number of benzene rings is 3. The van der Waals surface area contributed by atoms with Gasteiger partial charge < -0.3 is 10.1 Å². The molecule has 156 valence electrons. The Bertz CT molecular complexity index is 1200. The maximum Gasteiger partial charge on any atom is 0.282 e. The predicted octanol–water partition coefficient (Wildman–Crippen LogP) is 5.71. The van der Waals surface area contributed by atoms with E-state index >= 15 is 0 Å². The molecule has 0 atom stereocenters. The Labute approximate surface area is 189 Å². The molecule has 2 amide bonds. The molecule has 0 bridgehead atoms. The number of methoxy groups -OCH3 is 1. The molecule has 7 heteroatoms. The fraction of sp³-hybridized carbons (Fsp3) is 0.0833. The molecule has 4 rings (SSSR count). The summed E-state index contributed by atoms with van der Waals surface area (Å²) in [5.41, 5.74) is 3.03. The van der Waals surface area contributed by atoms with E-state index in [9.17, 15) is 9.59 Å². The average Bonchev–Trinajstić information content (AvgIpc) is 3.00. The number of hydrogen-bond donors (Lipinski definition) is 1. The molecule has 1 aliphatic rings. The molecule has 1 heterocycles. The van der Waals surface area contributed by atoms with E-state index in [2.05, 4.69) is 5.32 Å². The van der Waals surface area contributed by atoms with Gasteiger partial charge in [0, 0.05) is 15.7 Å². The number of rotatable bonds is 5. The van der Waals surface area contributed by atoms with Crippen LogP contribution in [-0.2, 0) is 9.59 Å². The maximum absolute atomic E-state index is 13.4. The molecule has 0 fully saturated rings. The van der Waals surface area contributed by atoms with Gasteiger partial charge in [-0.25, -0.2) is 4.90 Å². The third-order valence-electron chi connectivity index (χ3n) is 5.00. The van der Waals surface area contributed by atoms with Crippen LogP contribution in [0.1, 0.15) is 11.1 Å². The Morgan fingerprint density at radius 1 is 0.839 bits per heavy atom. The Morgan fingerprint density at radius 3 is 2.10 bits per heavy atom. The molecule has 0 aliphatic carbocycles. The zero-order valence-corrected chi connectivity index (χ0v) is 18.3. The normalized spacial score (nSPS) is 13.7. The van der Waals surface area contributed by atoms with Crippen molar-refractivity contribution in [2.45, 2.75) is 6.92 Å². The molecule has 0 saturated heterocycles. The molecule has 0 aromatic heterocycles. The number of anilines is 2. The summed E-state index contributed by atoms with van der Waals surface area (Å²) in [6, 6.07) is 18.8. The van der Waals surface area contributed by atoms with E-state index in [0.717, 1.165) is 10.5 Å². The summed E-state index contributed by atoms with van der Waals surface area (Å²) >= 11 is 12.1. The Hall–Kier alpha value is -3.28. The van der Waals surface area contributed by atoms with E-state index in [-0.39, 0.29) is 11.3 Å². The Kier molecular flexibility index (Phi) is 5.72. The van der Waals surface area contributed by atoms with Gasteiger partial charge in [0.15, 0.2) is 0 Å². The molecule has 3 aromatic carbocycles. The zero-order valence-electron chi connectivity index (χ0n) is 16.8. The first-order valence-electron chi connectivity index (χ1n) is 9.45. The number of nitrogens with one attached hydrogen (secondary N) is 1. The van der Waals surface area contributed by atoms with Crippen molar-refractivity contribution >= 4 is 52.0 Å². The van der Waals surface area contributed by atoms with Gasteiger partial charge in [-0.2, -0.15) is 0 Å². The Morgan fingerprint density at radius 2 is 1.48 bits per heavy atom. The first-order valence-corrected chi connectivity index (χ1v) is 10.2. The van der Waals surface area contributed by atoms with Crippen molar-refractivity contribution < 1.29 is 14.3 Å². The number of nitrogens with zero attached hydrogens (tertiary/aromatic N) is 1. The van der Waals surface area contributed by atoms with Gasteiger partial charge in [0.2, 0.25) is 0 Å². The van der Waals surface area contributed by atoms with Gasteiger partial charge >= 0.3 is 0 Å². The molecule has 0 unspecified atom stereocenters. The van der Waals surface area contributed by atoms with E-state index in [1.807, 2.05) is 6.92 Å².